The smallest absolute Gasteiger partial charge is 0.423 e. The molecule has 1 rings (SSSR count). The second-order valence-electron chi connectivity index (χ2n) is 5.62. The maximum Gasteiger partial charge on any atom is 0.492 e. The monoisotopic (exact) mass is 290 g/mol. The van der Waals surface area contributed by atoms with Crippen LogP contribution in [0.2, 0.25) is 0 Å². The molecular formula is C13H18BF3O3. The lowest BCUT2D eigenvalue weighted by Gasteiger charge is -2.38. The Kier molecular flexibility index (Phi) is 4.58. The van der Waals surface area contributed by atoms with Crippen molar-refractivity contribution in [2.24, 2.45) is 0 Å². The third kappa shape index (κ3) is 3.74. The van der Waals surface area contributed by atoms with Crippen molar-refractivity contribution in [3.05, 3.63) is 29.8 Å². The van der Waals surface area contributed by atoms with Gasteiger partial charge in [0.05, 0.1) is 16.8 Å². The van der Waals surface area contributed by atoms with Gasteiger partial charge >= 0.3 is 13.3 Å². The van der Waals surface area contributed by atoms with Crippen LogP contribution in [0.15, 0.2) is 24.3 Å². The summed E-state index contributed by atoms with van der Waals surface area (Å²) in [6.07, 6.45) is -4.58. The molecule has 0 aliphatic rings. The van der Waals surface area contributed by atoms with E-state index in [2.05, 4.69) is 0 Å². The maximum atomic E-state index is 12.9. The van der Waals surface area contributed by atoms with E-state index in [1.807, 2.05) is 0 Å². The molecule has 112 valence electrons. The average Bonchev–Trinajstić information content (AvgIpc) is 2.25. The molecule has 2 N–H and O–H groups in total. The van der Waals surface area contributed by atoms with E-state index in [4.69, 9.17) is 4.65 Å². The predicted molar refractivity (Wildman–Crippen MR) is 70.5 cm³/mol. The van der Waals surface area contributed by atoms with Gasteiger partial charge in [-0.2, -0.15) is 13.2 Å². The van der Waals surface area contributed by atoms with Crippen molar-refractivity contribution < 1.29 is 28.0 Å². The van der Waals surface area contributed by atoms with Crippen molar-refractivity contribution in [2.45, 2.75) is 45.1 Å². The molecule has 0 heterocycles. The molecule has 0 bridgehead atoms. The molecule has 0 aliphatic carbocycles. The minimum absolute atomic E-state index is 0.377. The molecule has 1 aromatic carbocycles. The molecule has 0 radical (unpaired) electrons. The number of benzene rings is 1. The van der Waals surface area contributed by atoms with Gasteiger partial charge < -0.3 is 14.8 Å². The van der Waals surface area contributed by atoms with Gasteiger partial charge in [0.25, 0.3) is 0 Å². The SMILES string of the molecule is CC(C)(O)C(C)(C)OB(O)c1ccccc1C(F)(F)F. The Hall–Kier alpha value is -1.05. The van der Waals surface area contributed by atoms with Gasteiger partial charge in [-0.15, -0.1) is 0 Å². The topological polar surface area (TPSA) is 49.7 Å². The Balaban J connectivity index is 3.09. The maximum absolute atomic E-state index is 12.9. The fourth-order valence-corrected chi connectivity index (χ4v) is 1.46. The third-order valence-electron chi connectivity index (χ3n) is 3.41. The van der Waals surface area contributed by atoms with Crippen LogP contribution in [-0.2, 0) is 10.8 Å². The van der Waals surface area contributed by atoms with Gasteiger partial charge in [-0.1, -0.05) is 24.3 Å². The largest absolute Gasteiger partial charge is 0.492 e. The molecule has 0 aliphatic heterocycles. The number of alkyl halides is 3. The van der Waals surface area contributed by atoms with Gasteiger partial charge in [-0.25, -0.2) is 0 Å². The molecule has 0 spiro atoms. The average molecular weight is 290 g/mol. The lowest BCUT2D eigenvalue weighted by molar-refractivity contribution is -0.137. The lowest BCUT2D eigenvalue weighted by Crippen LogP contribution is -2.53. The summed E-state index contributed by atoms with van der Waals surface area (Å²) < 4.78 is 43.8. The number of hydrogen-bond acceptors (Lipinski definition) is 3. The molecule has 20 heavy (non-hydrogen) atoms. The predicted octanol–water partition coefficient (Wildman–Crippen LogP) is 1.96. The highest BCUT2D eigenvalue weighted by molar-refractivity contribution is 6.60. The van der Waals surface area contributed by atoms with Crippen LogP contribution >= 0.6 is 0 Å². The Bertz CT molecular complexity index is 467. The molecular weight excluding hydrogens is 272 g/mol. The minimum atomic E-state index is -4.58. The van der Waals surface area contributed by atoms with E-state index in [0.29, 0.717) is 0 Å². The van der Waals surface area contributed by atoms with Gasteiger partial charge in [0, 0.05) is 0 Å². The first kappa shape index (κ1) is 17.0. The summed E-state index contributed by atoms with van der Waals surface area (Å²) >= 11 is 0. The Morgan fingerprint density at radius 3 is 2.00 bits per heavy atom. The van der Waals surface area contributed by atoms with E-state index in [9.17, 15) is 23.3 Å². The standard InChI is InChI=1S/C13H18BF3O3/c1-11(2,18)12(3,4)20-14(19)10-8-6-5-7-9(10)13(15,16)17/h5-8,18-19H,1-4H3. The zero-order chi connectivity index (χ0) is 15.8. The second kappa shape index (κ2) is 5.39. The molecule has 0 unspecified atom stereocenters. The van der Waals surface area contributed by atoms with E-state index in [0.717, 1.165) is 12.1 Å². The van der Waals surface area contributed by atoms with Crippen LogP contribution in [0, 0.1) is 0 Å². The van der Waals surface area contributed by atoms with Crippen LogP contribution in [0.25, 0.3) is 0 Å². The molecule has 7 heteroatoms. The van der Waals surface area contributed by atoms with Gasteiger partial charge in [0.15, 0.2) is 0 Å². The fraction of sp³-hybridized carbons (Fsp3) is 0.538. The third-order valence-corrected chi connectivity index (χ3v) is 3.41. The molecule has 0 saturated heterocycles. The highest BCUT2D eigenvalue weighted by Gasteiger charge is 2.42. The van der Waals surface area contributed by atoms with Crippen LogP contribution < -0.4 is 5.46 Å². The second-order valence-corrected chi connectivity index (χ2v) is 5.62. The van der Waals surface area contributed by atoms with E-state index in [1.165, 1.54) is 39.8 Å². The summed E-state index contributed by atoms with van der Waals surface area (Å²) in [6, 6.07) is 4.64. The van der Waals surface area contributed by atoms with E-state index < -0.39 is 30.1 Å². The summed E-state index contributed by atoms with van der Waals surface area (Å²) in [7, 11) is -1.78. The van der Waals surface area contributed by atoms with E-state index in [-0.39, 0.29) is 5.46 Å². The summed E-state index contributed by atoms with van der Waals surface area (Å²) in [4.78, 5) is 0. The first-order valence-electron chi connectivity index (χ1n) is 6.10. The number of hydrogen-bond donors (Lipinski definition) is 2. The van der Waals surface area contributed by atoms with Crippen molar-refractivity contribution >= 4 is 12.6 Å². The zero-order valence-corrected chi connectivity index (χ0v) is 11.8. The van der Waals surface area contributed by atoms with Crippen molar-refractivity contribution in [3.63, 3.8) is 0 Å². The summed E-state index contributed by atoms with van der Waals surface area (Å²) in [5.41, 5.74) is -3.90. The van der Waals surface area contributed by atoms with E-state index >= 15 is 0 Å². The molecule has 1 aromatic rings. The minimum Gasteiger partial charge on any atom is -0.423 e. The van der Waals surface area contributed by atoms with Gasteiger partial charge in [-0.05, 0) is 33.2 Å². The molecule has 0 aromatic heterocycles. The van der Waals surface area contributed by atoms with Crippen molar-refractivity contribution in [2.75, 3.05) is 0 Å². The number of rotatable bonds is 4. The van der Waals surface area contributed by atoms with E-state index in [1.54, 1.807) is 0 Å². The van der Waals surface area contributed by atoms with Crippen molar-refractivity contribution in [1.29, 1.82) is 0 Å². The Labute approximate surface area is 116 Å². The van der Waals surface area contributed by atoms with Gasteiger partial charge in [-0.3, -0.25) is 0 Å². The Morgan fingerprint density at radius 1 is 1.05 bits per heavy atom. The van der Waals surface area contributed by atoms with Crippen LogP contribution in [-0.4, -0.2) is 28.5 Å². The number of halogens is 3. The number of aliphatic hydroxyl groups is 1. The van der Waals surface area contributed by atoms with Crippen LogP contribution in [0.4, 0.5) is 13.2 Å². The zero-order valence-electron chi connectivity index (χ0n) is 11.8. The highest BCUT2D eigenvalue weighted by Crippen LogP contribution is 2.29. The fourth-order valence-electron chi connectivity index (χ4n) is 1.46. The van der Waals surface area contributed by atoms with Crippen molar-refractivity contribution in [3.8, 4) is 0 Å². The molecule has 0 saturated carbocycles. The Morgan fingerprint density at radius 2 is 1.55 bits per heavy atom. The normalized spacial score (nSPS) is 13.4. The summed E-state index contributed by atoms with van der Waals surface area (Å²) in [5, 5.41) is 19.8. The molecule has 0 fully saturated rings. The lowest BCUT2D eigenvalue weighted by atomic mass is 9.74. The van der Waals surface area contributed by atoms with Crippen molar-refractivity contribution in [1.82, 2.24) is 0 Å². The summed E-state index contributed by atoms with van der Waals surface area (Å²) in [5.74, 6) is 0. The first-order chi connectivity index (χ1) is 8.86. The first-order valence-corrected chi connectivity index (χ1v) is 6.10. The highest BCUT2D eigenvalue weighted by atomic mass is 19.4. The molecule has 0 amide bonds. The summed E-state index contributed by atoms with van der Waals surface area (Å²) in [6.45, 7) is 5.89. The van der Waals surface area contributed by atoms with Gasteiger partial charge in [0.1, 0.15) is 0 Å². The molecule has 3 nitrogen and oxygen atoms in total. The van der Waals surface area contributed by atoms with Crippen LogP contribution in [0.5, 0.6) is 0 Å². The van der Waals surface area contributed by atoms with Crippen LogP contribution in [0.3, 0.4) is 0 Å². The van der Waals surface area contributed by atoms with Gasteiger partial charge in [0.2, 0.25) is 0 Å². The molecule has 0 atom stereocenters. The van der Waals surface area contributed by atoms with Crippen LogP contribution in [0.1, 0.15) is 33.3 Å². The quantitative estimate of drug-likeness (QED) is 0.833.